The number of hydrogen-bond donors (Lipinski definition) is 1. The van der Waals surface area contributed by atoms with E-state index < -0.39 is 0 Å². The molecule has 0 aromatic rings. The molecule has 1 aliphatic carbocycles. The summed E-state index contributed by atoms with van der Waals surface area (Å²) in [4.78, 5) is 2.73. The molecule has 1 fully saturated rings. The van der Waals surface area contributed by atoms with Crippen molar-refractivity contribution >= 4 is 0 Å². The van der Waals surface area contributed by atoms with Crippen molar-refractivity contribution in [3.63, 3.8) is 0 Å². The summed E-state index contributed by atoms with van der Waals surface area (Å²) in [6.45, 7) is 17.7. The minimum atomic E-state index is 0.448. The Morgan fingerprint density at radius 1 is 1.11 bits per heavy atom. The van der Waals surface area contributed by atoms with Gasteiger partial charge in [0.1, 0.15) is 0 Å². The van der Waals surface area contributed by atoms with Crippen LogP contribution in [0.3, 0.4) is 0 Å². The maximum atomic E-state index is 3.67. The monoisotopic (exact) mass is 268 g/mol. The molecule has 0 atom stereocenters. The average molecular weight is 268 g/mol. The maximum absolute atomic E-state index is 3.67. The van der Waals surface area contributed by atoms with Gasteiger partial charge in [-0.2, -0.15) is 0 Å². The van der Waals surface area contributed by atoms with E-state index in [2.05, 4.69) is 51.8 Å². The van der Waals surface area contributed by atoms with Crippen molar-refractivity contribution in [2.24, 2.45) is 11.3 Å². The Balaban J connectivity index is 2.61. The quantitative estimate of drug-likeness (QED) is 0.646. The third kappa shape index (κ3) is 5.83. The summed E-state index contributed by atoms with van der Waals surface area (Å²) >= 11 is 0. The molecule has 1 N–H and O–H groups in total. The second-order valence-electron chi connectivity index (χ2n) is 7.21. The van der Waals surface area contributed by atoms with Crippen molar-refractivity contribution in [1.82, 2.24) is 10.2 Å². The van der Waals surface area contributed by atoms with Gasteiger partial charge in [-0.05, 0) is 50.9 Å². The first-order chi connectivity index (χ1) is 8.92. The van der Waals surface area contributed by atoms with E-state index in [1.807, 2.05) is 0 Å². The van der Waals surface area contributed by atoms with Crippen LogP contribution in [0.2, 0.25) is 0 Å². The Kier molecular flexibility index (Phi) is 6.82. The molecular formula is C17H36N2. The molecule has 1 aliphatic rings. The normalized spacial score (nSPS) is 16.9. The highest BCUT2D eigenvalue weighted by atomic mass is 15.2. The zero-order chi connectivity index (χ0) is 14.5. The van der Waals surface area contributed by atoms with Crippen LogP contribution in [0.4, 0.5) is 0 Å². The Bertz CT molecular complexity index is 240. The molecule has 114 valence electrons. The summed E-state index contributed by atoms with van der Waals surface area (Å²) in [5.74, 6) is 0.992. The number of rotatable bonds is 10. The molecule has 1 saturated carbocycles. The van der Waals surface area contributed by atoms with Crippen LogP contribution in [0.15, 0.2) is 0 Å². The van der Waals surface area contributed by atoms with E-state index in [1.165, 1.54) is 38.8 Å². The molecule has 0 heterocycles. The second-order valence-corrected chi connectivity index (χ2v) is 7.21. The predicted molar refractivity (Wildman–Crippen MR) is 85.6 cm³/mol. The lowest BCUT2D eigenvalue weighted by molar-refractivity contribution is 0.104. The maximum Gasteiger partial charge on any atom is 0.00528 e. The van der Waals surface area contributed by atoms with Crippen LogP contribution in [-0.4, -0.2) is 36.6 Å². The molecule has 0 amide bonds. The standard InChI is InChI=1S/C17H36N2/c1-7-17(8-2,12-18-14(3)4)13-19(15(5)6)11-16-9-10-16/h14-16,18H,7-13H2,1-6H3. The first-order valence-corrected chi connectivity index (χ1v) is 8.40. The minimum absolute atomic E-state index is 0.448. The largest absolute Gasteiger partial charge is 0.314 e. The first kappa shape index (κ1) is 17.0. The van der Waals surface area contributed by atoms with Crippen molar-refractivity contribution < 1.29 is 0 Å². The van der Waals surface area contributed by atoms with E-state index in [0.29, 0.717) is 17.5 Å². The van der Waals surface area contributed by atoms with Gasteiger partial charge in [0.05, 0.1) is 0 Å². The molecule has 0 bridgehead atoms. The van der Waals surface area contributed by atoms with Crippen molar-refractivity contribution in [2.45, 2.75) is 79.3 Å². The minimum Gasteiger partial charge on any atom is -0.314 e. The summed E-state index contributed by atoms with van der Waals surface area (Å²) < 4.78 is 0. The summed E-state index contributed by atoms with van der Waals surface area (Å²) in [6, 6.07) is 1.27. The molecule has 2 heteroatoms. The summed E-state index contributed by atoms with van der Waals surface area (Å²) in [7, 11) is 0. The highest BCUT2D eigenvalue weighted by Crippen LogP contribution is 2.33. The highest BCUT2D eigenvalue weighted by Gasteiger charge is 2.32. The Hall–Kier alpha value is -0.0800. The van der Waals surface area contributed by atoms with Crippen LogP contribution in [0, 0.1) is 11.3 Å². The van der Waals surface area contributed by atoms with Crippen LogP contribution in [-0.2, 0) is 0 Å². The molecule has 19 heavy (non-hydrogen) atoms. The number of hydrogen-bond acceptors (Lipinski definition) is 2. The molecular weight excluding hydrogens is 232 g/mol. The Morgan fingerprint density at radius 2 is 1.68 bits per heavy atom. The highest BCUT2D eigenvalue weighted by molar-refractivity contribution is 4.87. The van der Waals surface area contributed by atoms with Crippen LogP contribution in [0.5, 0.6) is 0 Å². The molecule has 0 spiro atoms. The number of nitrogens with zero attached hydrogens (tertiary/aromatic N) is 1. The van der Waals surface area contributed by atoms with E-state index in [-0.39, 0.29) is 0 Å². The molecule has 0 radical (unpaired) electrons. The second kappa shape index (κ2) is 7.64. The third-order valence-electron chi connectivity index (χ3n) is 4.84. The van der Waals surface area contributed by atoms with E-state index in [0.717, 1.165) is 12.5 Å². The molecule has 0 aromatic carbocycles. The van der Waals surface area contributed by atoms with Crippen LogP contribution < -0.4 is 5.32 Å². The fourth-order valence-corrected chi connectivity index (χ4v) is 2.72. The lowest BCUT2D eigenvalue weighted by Crippen LogP contribution is -2.47. The van der Waals surface area contributed by atoms with E-state index in [9.17, 15) is 0 Å². The van der Waals surface area contributed by atoms with Gasteiger partial charge in [0, 0.05) is 31.7 Å². The fourth-order valence-electron chi connectivity index (χ4n) is 2.72. The molecule has 0 unspecified atom stereocenters. The smallest absolute Gasteiger partial charge is 0.00528 e. The molecule has 0 aromatic heterocycles. The van der Waals surface area contributed by atoms with Crippen LogP contribution >= 0.6 is 0 Å². The van der Waals surface area contributed by atoms with Crippen LogP contribution in [0.25, 0.3) is 0 Å². The van der Waals surface area contributed by atoms with Gasteiger partial charge in [-0.3, -0.25) is 0 Å². The fraction of sp³-hybridized carbons (Fsp3) is 1.00. The third-order valence-corrected chi connectivity index (χ3v) is 4.84. The lowest BCUT2D eigenvalue weighted by atomic mass is 9.81. The van der Waals surface area contributed by atoms with E-state index in [1.54, 1.807) is 0 Å². The summed E-state index contributed by atoms with van der Waals surface area (Å²) in [5, 5.41) is 3.67. The zero-order valence-corrected chi connectivity index (χ0v) is 14.1. The predicted octanol–water partition coefficient (Wildman–Crippen LogP) is 3.91. The van der Waals surface area contributed by atoms with Crippen molar-refractivity contribution in [1.29, 1.82) is 0 Å². The topological polar surface area (TPSA) is 15.3 Å². The Morgan fingerprint density at radius 3 is 2.05 bits per heavy atom. The molecule has 2 nitrogen and oxygen atoms in total. The zero-order valence-electron chi connectivity index (χ0n) is 14.1. The lowest BCUT2D eigenvalue weighted by Gasteiger charge is -2.40. The van der Waals surface area contributed by atoms with Gasteiger partial charge in [-0.25, -0.2) is 0 Å². The van der Waals surface area contributed by atoms with Crippen molar-refractivity contribution in [2.75, 3.05) is 19.6 Å². The van der Waals surface area contributed by atoms with Gasteiger partial charge < -0.3 is 10.2 Å². The van der Waals surface area contributed by atoms with Gasteiger partial charge in [-0.1, -0.05) is 27.7 Å². The van der Waals surface area contributed by atoms with Gasteiger partial charge in [0.25, 0.3) is 0 Å². The van der Waals surface area contributed by atoms with Gasteiger partial charge in [-0.15, -0.1) is 0 Å². The Labute approximate surface area is 121 Å². The van der Waals surface area contributed by atoms with E-state index >= 15 is 0 Å². The van der Waals surface area contributed by atoms with Gasteiger partial charge in [0.2, 0.25) is 0 Å². The summed E-state index contributed by atoms with van der Waals surface area (Å²) in [5.41, 5.74) is 0.448. The van der Waals surface area contributed by atoms with E-state index in [4.69, 9.17) is 0 Å². The summed E-state index contributed by atoms with van der Waals surface area (Å²) in [6.07, 6.45) is 5.46. The van der Waals surface area contributed by atoms with Crippen molar-refractivity contribution in [3.8, 4) is 0 Å². The van der Waals surface area contributed by atoms with Gasteiger partial charge in [0.15, 0.2) is 0 Å². The van der Waals surface area contributed by atoms with Crippen molar-refractivity contribution in [3.05, 3.63) is 0 Å². The molecule has 0 aliphatic heterocycles. The average Bonchev–Trinajstić information content (AvgIpc) is 3.17. The SMILES string of the molecule is CCC(CC)(CNC(C)C)CN(CC1CC1)C(C)C. The van der Waals surface area contributed by atoms with Gasteiger partial charge >= 0.3 is 0 Å². The first-order valence-electron chi connectivity index (χ1n) is 8.40. The molecule has 0 saturated heterocycles. The van der Waals surface area contributed by atoms with Crippen LogP contribution in [0.1, 0.15) is 67.2 Å². The number of nitrogens with one attached hydrogen (secondary N) is 1. The molecule has 1 rings (SSSR count).